The molecule has 5 aromatic heterocycles. The fraction of sp³-hybridized carbons (Fsp3) is 0. The van der Waals surface area contributed by atoms with E-state index in [9.17, 15) is 0 Å². The molecular formula is C76H48BrN7. The highest BCUT2D eigenvalue weighted by Gasteiger charge is 2.23. The van der Waals surface area contributed by atoms with Gasteiger partial charge < -0.3 is 13.7 Å². The van der Waals surface area contributed by atoms with Crippen molar-refractivity contribution in [2.24, 2.45) is 0 Å². The molecule has 0 unspecified atom stereocenters. The van der Waals surface area contributed by atoms with Gasteiger partial charge in [-0.3, -0.25) is 0 Å². The Hall–Kier alpha value is -10.8. The Morgan fingerprint density at radius 3 is 1.00 bits per heavy atom. The summed E-state index contributed by atoms with van der Waals surface area (Å²) < 4.78 is 8.40. The van der Waals surface area contributed by atoms with E-state index in [2.05, 4.69) is 248 Å². The zero-order valence-electron chi connectivity index (χ0n) is 45.2. The fourth-order valence-corrected chi connectivity index (χ4v) is 12.7. The van der Waals surface area contributed by atoms with Gasteiger partial charge in [0.1, 0.15) is 0 Å². The number of rotatable bonds is 7. The van der Waals surface area contributed by atoms with Gasteiger partial charge in [0.2, 0.25) is 0 Å². The van der Waals surface area contributed by atoms with Gasteiger partial charge in [0, 0.05) is 75.5 Å². The van der Waals surface area contributed by atoms with E-state index < -0.39 is 0 Å². The Morgan fingerprint density at radius 2 is 0.571 bits per heavy atom. The van der Waals surface area contributed by atoms with Gasteiger partial charge in [0.15, 0.2) is 11.6 Å². The molecule has 0 saturated heterocycles. The van der Waals surface area contributed by atoms with Crippen LogP contribution in [0.1, 0.15) is 0 Å². The number of fused-ring (bicyclic) bond motifs is 11. The summed E-state index contributed by atoms with van der Waals surface area (Å²) in [6.07, 6.45) is 0. The molecule has 0 aliphatic carbocycles. The van der Waals surface area contributed by atoms with E-state index in [4.69, 9.17) is 19.9 Å². The van der Waals surface area contributed by atoms with Crippen LogP contribution in [0.4, 0.5) is 0 Å². The zero-order valence-corrected chi connectivity index (χ0v) is 46.8. The van der Waals surface area contributed by atoms with Crippen LogP contribution in [0.3, 0.4) is 0 Å². The molecule has 0 radical (unpaired) electrons. The van der Waals surface area contributed by atoms with Crippen LogP contribution in [0.15, 0.2) is 296 Å². The van der Waals surface area contributed by atoms with E-state index in [1.54, 1.807) is 0 Å². The van der Waals surface area contributed by atoms with Gasteiger partial charge >= 0.3 is 0 Å². The Balaban J connectivity index is 0.000000210. The van der Waals surface area contributed by atoms with Crippen molar-refractivity contribution in [3.8, 4) is 62.4 Å². The van der Waals surface area contributed by atoms with E-state index in [0.717, 1.165) is 93.8 Å². The molecule has 0 spiro atoms. The van der Waals surface area contributed by atoms with Crippen molar-refractivity contribution in [2.45, 2.75) is 0 Å². The molecule has 84 heavy (non-hydrogen) atoms. The second-order valence-corrected chi connectivity index (χ2v) is 22.0. The lowest BCUT2D eigenvalue weighted by Crippen LogP contribution is -2.04. The van der Waals surface area contributed by atoms with Crippen LogP contribution in [0.2, 0.25) is 0 Å². The third kappa shape index (κ3) is 8.25. The number of hydrogen-bond acceptors (Lipinski definition) is 4. The Morgan fingerprint density at radius 1 is 0.238 bits per heavy atom. The minimum atomic E-state index is 0.704. The number of halogens is 1. The molecular weight excluding hydrogens is 1090 g/mol. The van der Waals surface area contributed by atoms with Crippen molar-refractivity contribution in [1.29, 1.82) is 0 Å². The quantitative estimate of drug-likeness (QED) is 0.159. The second-order valence-electron chi connectivity index (χ2n) is 21.1. The van der Waals surface area contributed by atoms with Crippen molar-refractivity contribution >= 4 is 103 Å². The fourth-order valence-electron chi connectivity index (χ4n) is 12.4. The molecule has 0 N–H and O–H groups in total. The highest BCUT2D eigenvalue weighted by Crippen LogP contribution is 2.43. The first-order valence-electron chi connectivity index (χ1n) is 28.2. The van der Waals surface area contributed by atoms with E-state index in [1.165, 1.54) is 54.4 Å². The van der Waals surface area contributed by atoms with Crippen molar-refractivity contribution in [1.82, 2.24) is 33.6 Å². The standard InChI is InChI=1S/C56H35N5.C20H13BrN2/c1-2-16-36(17-3-1)55-44-23-4-10-24-46(44)57-56(58-55)37-30-32-38(33-31-37)59-47-25-11-9-22-43(47)45-34-53(60-48-26-12-5-18-39(48)40-19-6-13-27-49(40)60)54(35-52(45)59)61-50-28-14-7-20-41(50)42-21-8-15-29-51(42)61;21-16-12-10-15(11-13-16)20-22-18-9-5-4-8-17(18)19(23-20)14-6-2-1-3-7-14/h1-35H;1-13H. The Labute approximate surface area is 491 Å². The average molecular weight is 1140 g/mol. The van der Waals surface area contributed by atoms with Gasteiger partial charge in [-0.15, -0.1) is 0 Å². The lowest BCUT2D eigenvalue weighted by atomic mass is 10.1. The summed E-state index contributed by atoms with van der Waals surface area (Å²) in [5.41, 5.74) is 18.2. The molecule has 0 atom stereocenters. The molecule has 0 amide bonds. The predicted molar refractivity (Wildman–Crippen MR) is 352 cm³/mol. The van der Waals surface area contributed by atoms with Gasteiger partial charge in [-0.2, -0.15) is 0 Å². The van der Waals surface area contributed by atoms with Crippen molar-refractivity contribution in [2.75, 3.05) is 0 Å². The summed E-state index contributed by atoms with van der Waals surface area (Å²) in [4.78, 5) is 19.8. The molecule has 0 fully saturated rings. The molecule has 0 aliphatic rings. The molecule has 17 aromatic rings. The monoisotopic (exact) mass is 1140 g/mol. The summed E-state index contributed by atoms with van der Waals surface area (Å²) in [6, 6.07) is 103. The van der Waals surface area contributed by atoms with Crippen LogP contribution in [0.25, 0.3) is 150 Å². The van der Waals surface area contributed by atoms with Crippen molar-refractivity contribution in [3.63, 3.8) is 0 Å². The topological polar surface area (TPSA) is 66.3 Å². The van der Waals surface area contributed by atoms with Crippen LogP contribution < -0.4 is 0 Å². The maximum atomic E-state index is 5.18. The van der Waals surface area contributed by atoms with Gasteiger partial charge in [0.25, 0.3) is 0 Å². The highest BCUT2D eigenvalue weighted by atomic mass is 79.9. The molecule has 0 bridgehead atoms. The van der Waals surface area contributed by atoms with Crippen LogP contribution in [-0.4, -0.2) is 33.6 Å². The summed E-state index contributed by atoms with van der Waals surface area (Å²) in [5, 5.41) is 9.43. The summed E-state index contributed by atoms with van der Waals surface area (Å²) in [5.74, 6) is 1.45. The Bertz CT molecular complexity index is 5270. The predicted octanol–water partition coefficient (Wildman–Crippen LogP) is 20.0. The van der Waals surface area contributed by atoms with Crippen LogP contribution in [0, 0.1) is 0 Å². The maximum absolute atomic E-state index is 5.18. The molecule has 12 aromatic carbocycles. The first-order valence-corrected chi connectivity index (χ1v) is 28.9. The average Bonchev–Trinajstić information content (AvgIpc) is 2.15. The minimum absolute atomic E-state index is 0.704. The number of para-hydroxylation sites is 7. The molecule has 0 aliphatic heterocycles. The highest BCUT2D eigenvalue weighted by molar-refractivity contribution is 9.10. The van der Waals surface area contributed by atoms with Crippen molar-refractivity contribution < 1.29 is 0 Å². The van der Waals surface area contributed by atoms with Gasteiger partial charge in [0.05, 0.1) is 66.9 Å². The number of benzene rings is 12. The molecule has 5 heterocycles. The Kier molecular flexibility index (Phi) is 11.9. The third-order valence-corrected chi connectivity index (χ3v) is 16.7. The second kappa shape index (κ2) is 20.3. The van der Waals surface area contributed by atoms with Gasteiger partial charge in [-0.1, -0.05) is 216 Å². The van der Waals surface area contributed by atoms with E-state index in [-0.39, 0.29) is 0 Å². The zero-order chi connectivity index (χ0) is 55.7. The van der Waals surface area contributed by atoms with E-state index in [0.29, 0.717) is 5.82 Å². The van der Waals surface area contributed by atoms with Crippen LogP contribution >= 0.6 is 15.9 Å². The largest absolute Gasteiger partial charge is 0.309 e. The number of aromatic nitrogens is 7. The lowest BCUT2D eigenvalue weighted by Gasteiger charge is -2.18. The van der Waals surface area contributed by atoms with Crippen LogP contribution in [0.5, 0.6) is 0 Å². The van der Waals surface area contributed by atoms with Crippen molar-refractivity contribution in [3.05, 3.63) is 296 Å². The van der Waals surface area contributed by atoms with Gasteiger partial charge in [-0.05, 0) is 91.0 Å². The number of nitrogens with zero attached hydrogens (tertiary/aromatic N) is 7. The van der Waals surface area contributed by atoms with Crippen LogP contribution in [-0.2, 0) is 0 Å². The lowest BCUT2D eigenvalue weighted by molar-refractivity contribution is 1.09. The minimum Gasteiger partial charge on any atom is -0.309 e. The van der Waals surface area contributed by atoms with E-state index in [1.807, 2.05) is 72.8 Å². The first-order chi connectivity index (χ1) is 41.6. The third-order valence-electron chi connectivity index (χ3n) is 16.2. The summed E-state index contributed by atoms with van der Waals surface area (Å²) >= 11 is 3.47. The summed E-state index contributed by atoms with van der Waals surface area (Å²) in [7, 11) is 0. The van der Waals surface area contributed by atoms with E-state index >= 15 is 0 Å². The molecule has 394 valence electrons. The molecule has 17 rings (SSSR count). The molecule has 0 saturated carbocycles. The molecule has 7 nitrogen and oxygen atoms in total. The SMILES string of the molecule is Brc1ccc(-c2nc(-c3ccccc3)c3ccccc3n2)cc1.c1ccc(-c2nc(-c3ccc(-n4c5ccccc5c5cc(-n6c7ccccc7c7ccccc76)c(-n6c7ccccc7c7ccccc76)cc54)cc3)nc3ccccc23)cc1. The number of hydrogen-bond donors (Lipinski definition) is 0. The summed E-state index contributed by atoms with van der Waals surface area (Å²) in [6.45, 7) is 0. The van der Waals surface area contributed by atoms with Gasteiger partial charge in [-0.25, -0.2) is 19.9 Å². The maximum Gasteiger partial charge on any atom is 0.160 e. The first kappa shape index (κ1) is 49.1. The smallest absolute Gasteiger partial charge is 0.160 e. The molecule has 8 heteroatoms. The normalized spacial score (nSPS) is 11.6.